The van der Waals surface area contributed by atoms with Gasteiger partial charge in [-0.3, -0.25) is 19.1 Å². The van der Waals surface area contributed by atoms with Crippen LogP contribution in [0.25, 0.3) is 10.8 Å². The third kappa shape index (κ3) is 8.23. The van der Waals surface area contributed by atoms with Crippen molar-refractivity contribution in [2.45, 2.75) is 108 Å². The van der Waals surface area contributed by atoms with E-state index in [1.165, 1.54) is 11.0 Å². The van der Waals surface area contributed by atoms with Crippen LogP contribution in [0.3, 0.4) is 0 Å². The van der Waals surface area contributed by atoms with Crippen LogP contribution in [0.4, 0.5) is 4.79 Å². The summed E-state index contributed by atoms with van der Waals surface area (Å²) in [5, 5.41) is 9.42. The zero-order valence-corrected chi connectivity index (χ0v) is 31.2. The maximum Gasteiger partial charge on any atom is 0.315 e. The molecule has 2 aromatic rings. The number of hydrogen-bond donors (Lipinski definition) is 4. The Bertz CT molecular complexity index is 1820. The van der Waals surface area contributed by atoms with Crippen molar-refractivity contribution in [3.63, 3.8) is 0 Å². The van der Waals surface area contributed by atoms with E-state index in [4.69, 9.17) is 9.47 Å². The number of likely N-dealkylation sites (tertiary alicyclic amines) is 1. The highest BCUT2D eigenvalue weighted by Crippen LogP contribution is 2.45. The lowest BCUT2D eigenvalue weighted by Crippen LogP contribution is -2.61. The molecule has 14 nitrogen and oxygen atoms in total. The molecule has 1 saturated heterocycles. The highest BCUT2D eigenvalue weighted by atomic mass is 32.2. The van der Waals surface area contributed by atoms with Crippen molar-refractivity contribution in [3.8, 4) is 11.6 Å². The van der Waals surface area contributed by atoms with Crippen molar-refractivity contribution >= 4 is 44.5 Å². The number of methoxy groups -OCH3 is 1. The van der Waals surface area contributed by atoms with Gasteiger partial charge in [-0.05, 0) is 74.6 Å². The first-order valence-corrected chi connectivity index (χ1v) is 18.9. The molecule has 0 radical (unpaired) electrons. The minimum absolute atomic E-state index is 0.0262. The summed E-state index contributed by atoms with van der Waals surface area (Å²) in [6, 6.07) is 4.54. The van der Waals surface area contributed by atoms with Gasteiger partial charge in [0.25, 0.3) is 5.91 Å². The standard InChI is InChI=1S/C36H50N6O8S/c1-9-22-19-36(22,32(45)41-51(47,48)25-12-13-25)39-29(43)27-18-24(50-30-26-14-11-23(49-8)17-21(26)15-16-37-30)20-42(27)31(44)28(34(3,4)5)38-33(46)40-35(6,7)10-2/h9,11,14-17,22,24-25,27-28H,1,10,12-13,18-20H2,2-8H3,(H,39,43)(H,41,45)(H2,38,40,46). The Hall–Kier alpha value is -4.40. The predicted octanol–water partition coefficient (Wildman–Crippen LogP) is 3.16. The zero-order valence-electron chi connectivity index (χ0n) is 30.4. The number of sulfonamides is 1. The van der Waals surface area contributed by atoms with Gasteiger partial charge in [0.15, 0.2) is 0 Å². The Morgan fingerprint density at radius 1 is 1.14 bits per heavy atom. The lowest BCUT2D eigenvalue weighted by molar-refractivity contribution is -0.142. The number of urea groups is 1. The number of benzene rings is 1. The fourth-order valence-electron chi connectivity index (χ4n) is 6.28. The van der Waals surface area contributed by atoms with E-state index in [2.05, 4.69) is 32.2 Å². The number of carbonyl (C=O) groups excluding carboxylic acids is 4. The van der Waals surface area contributed by atoms with Gasteiger partial charge in [0, 0.05) is 29.5 Å². The Morgan fingerprint density at radius 2 is 1.84 bits per heavy atom. The molecule has 1 aromatic heterocycles. The Morgan fingerprint density at radius 3 is 2.43 bits per heavy atom. The molecule has 2 heterocycles. The summed E-state index contributed by atoms with van der Waals surface area (Å²) >= 11 is 0. The molecule has 4 N–H and O–H groups in total. The predicted molar refractivity (Wildman–Crippen MR) is 191 cm³/mol. The zero-order chi connectivity index (χ0) is 37.5. The van der Waals surface area contributed by atoms with Crippen LogP contribution >= 0.6 is 0 Å². The van der Waals surface area contributed by atoms with Gasteiger partial charge in [0.1, 0.15) is 29.5 Å². The van der Waals surface area contributed by atoms with Crippen molar-refractivity contribution in [3.05, 3.63) is 43.1 Å². The van der Waals surface area contributed by atoms with Crippen molar-refractivity contribution in [2.75, 3.05) is 13.7 Å². The average molecular weight is 727 g/mol. The molecule has 5 rings (SSSR count). The molecule has 5 unspecified atom stereocenters. The molecular formula is C36H50N6O8S. The number of ether oxygens (including phenoxy) is 2. The van der Waals surface area contributed by atoms with E-state index < -0.39 is 79.6 Å². The number of amides is 5. The molecule has 51 heavy (non-hydrogen) atoms. The van der Waals surface area contributed by atoms with Crippen LogP contribution in [-0.2, 0) is 24.4 Å². The fraction of sp³-hybridized carbons (Fsp3) is 0.583. The summed E-state index contributed by atoms with van der Waals surface area (Å²) < 4.78 is 39.2. The normalized spacial score (nSPS) is 23.9. The van der Waals surface area contributed by atoms with E-state index in [9.17, 15) is 27.6 Å². The van der Waals surface area contributed by atoms with Crippen LogP contribution in [0.2, 0.25) is 0 Å². The summed E-state index contributed by atoms with van der Waals surface area (Å²) in [6.07, 6.45) is 4.16. The van der Waals surface area contributed by atoms with Gasteiger partial charge in [0.2, 0.25) is 27.7 Å². The maximum atomic E-state index is 14.5. The number of nitrogens with zero attached hydrogens (tertiary/aromatic N) is 2. The molecule has 1 aliphatic heterocycles. The molecular weight excluding hydrogens is 676 g/mol. The highest BCUT2D eigenvalue weighted by molar-refractivity contribution is 7.91. The first kappa shape index (κ1) is 37.8. The lowest BCUT2D eigenvalue weighted by Gasteiger charge is -2.36. The first-order valence-electron chi connectivity index (χ1n) is 17.3. The van der Waals surface area contributed by atoms with Gasteiger partial charge < -0.3 is 30.3 Å². The van der Waals surface area contributed by atoms with Crippen LogP contribution < -0.4 is 30.1 Å². The smallest absolute Gasteiger partial charge is 0.315 e. The number of rotatable bonds is 13. The number of pyridine rings is 1. The third-order valence-electron chi connectivity index (χ3n) is 10.0. The topological polar surface area (TPSA) is 185 Å². The van der Waals surface area contributed by atoms with E-state index in [0.717, 1.165) is 5.39 Å². The van der Waals surface area contributed by atoms with Gasteiger partial charge in [-0.1, -0.05) is 33.8 Å². The number of nitrogens with one attached hydrogen (secondary N) is 4. The Labute approximate surface area is 299 Å². The molecule has 5 amide bonds. The first-order chi connectivity index (χ1) is 23.8. The van der Waals surface area contributed by atoms with Crippen molar-refractivity contribution in [1.82, 2.24) is 30.6 Å². The van der Waals surface area contributed by atoms with Crippen molar-refractivity contribution < 1.29 is 37.1 Å². The van der Waals surface area contributed by atoms with Gasteiger partial charge in [0.05, 0.1) is 18.9 Å². The molecule has 0 bridgehead atoms. The molecule has 3 fully saturated rings. The number of hydrogen-bond acceptors (Lipinski definition) is 9. The molecule has 2 saturated carbocycles. The SMILES string of the molecule is C=CC1CC1(NC(=O)C1CC(Oc2nccc3cc(OC)ccc23)CN1C(=O)C(NC(=O)NC(C)(C)CC)C(C)(C)C)C(=O)NS(=O)(=O)C1CC1. The van der Waals surface area contributed by atoms with Gasteiger partial charge in [-0.25, -0.2) is 18.2 Å². The summed E-state index contributed by atoms with van der Waals surface area (Å²) in [4.78, 5) is 61.2. The minimum Gasteiger partial charge on any atom is -0.497 e. The summed E-state index contributed by atoms with van der Waals surface area (Å²) in [7, 11) is -2.32. The van der Waals surface area contributed by atoms with E-state index in [0.29, 0.717) is 36.3 Å². The monoisotopic (exact) mass is 726 g/mol. The second-order valence-corrected chi connectivity index (χ2v) is 17.5. The highest BCUT2D eigenvalue weighted by Gasteiger charge is 2.62. The van der Waals surface area contributed by atoms with Crippen LogP contribution in [-0.4, -0.2) is 90.2 Å². The van der Waals surface area contributed by atoms with E-state index in [-0.39, 0.29) is 19.4 Å². The molecule has 15 heteroatoms. The summed E-state index contributed by atoms with van der Waals surface area (Å²) in [5.41, 5.74) is -2.85. The van der Waals surface area contributed by atoms with E-state index in [1.54, 1.807) is 19.4 Å². The minimum atomic E-state index is -3.89. The van der Waals surface area contributed by atoms with Crippen LogP contribution in [0.1, 0.15) is 73.6 Å². The van der Waals surface area contributed by atoms with E-state index >= 15 is 0 Å². The lowest BCUT2D eigenvalue weighted by atomic mass is 9.85. The van der Waals surface area contributed by atoms with Gasteiger partial charge >= 0.3 is 6.03 Å². The number of carbonyl (C=O) groups is 4. The van der Waals surface area contributed by atoms with Gasteiger partial charge in [-0.15, -0.1) is 6.58 Å². The Kier molecular flexibility index (Phi) is 10.4. The third-order valence-corrected chi connectivity index (χ3v) is 11.9. The van der Waals surface area contributed by atoms with Crippen LogP contribution in [0.15, 0.2) is 43.1 Å². The molecule has 5 atom stereocenters. The summed E-state index contributed by atoms with van der Waals surface area (Å²) in [6.45, 7) is 14.9. The quantitative estimate of drug-likeness (QED) is 0.225. The second kappa shape index (κ2) is 14.0. The molecule has 0 spiro atoms. The molecule has 2 aliphatic carbocycles. The average Bonchev–Trinajstić information content (AvgIpc) is 3.99. The van der Waals surface area contributed by atoms with Gasteiger partial charge in [-0.2, -0.15) is 0 Å². The molecule has 1 aromatic carbocycles. The number of fused-ring (bicyclic) bond motifs is 1. The largest absolute Gasteiger partial charge is 0.497 e. The fourth-order valence-corrected chi connectivity index (χ4v) is 7.64. The maximum absolute atomic E-state index is 14.5. The van der Waals surface area contributed by atoms with Crippen molar-refractivity contribution in [1.29, 1.82) is 0 Å². The molecule has 278 valence electrons. The van der Waals surface area contributed by atoms with Crippen molar-refractivity contribution in [2.24, 2.45) is 11.3 Å². The molecule has 3 aliphatic rings. The van der Waals surface area contributed by atoms with Crippen LogP contribution in [0, 0.1) is 11.3 Å². The Balaban J connectivity index is 1.44. The summed E-state index contributed by atoms with van der Waals surface area (Å²) in [5.74, 6) is -1.56. The van der Waals surface area contributed by atoms with E-state index in [1.807, 2.05) is 59.7 Å². The second-order valence-electron chi connectivity index (χ2n) is 15.5. The number of aromatic nitrogens is 1. The van der Waals surface area contributed by atoms with Crippen LogP contribution in [0.5, 0.6) is 11.6 Å².